The van der Waals surface area contributed by atoms with E-state index in [2.05, 4.69) is 4.72 Å². The lowest BCUT2D eigenvalue weighted by Crippen LogP contribution is -2.24. The van der Waals surface area contributed by atoms with Gasteiger partial charge >= 0.3 is 5.97 Å². The molecule has 0 aliphatic rings. The lowest BCUT2D eigenvalue weighted by Gasteiger charge is -2.11. The Labute approximate surface area is 139 Å². The molecule has 0 amide bonds. The Bertz CT molecular complexity index is 826. The fourth-order valence-corrected chi connectivity index (χ4v) is 2.80. The van der Waals surface area contributed by atoms with Crippen LogP contribution in [0, 0.1) is 0 Å². The molecule has 1 aromatic carbocycles. The normalized spacial score (nSPS) is 12.6. The highest BCUT2D eigenvalue weighted by Crippen LogP contribution is 2.14. The maximum absolute atomic E-state index is 12.3. The van der Waals surface area contributed by atoms with Crippen molar-refractivity contribution in [1.29, 1.82) is 0 Å². The lowest BCUT2D eigenvalue weighted by atomic mass is 10.2. The van der Waals surface area contributed by atoms with E-state index in [1.54, 1.807) is 12.1 Å². The lowest BCUT2D eigenvalue weighted by molar-refractivity contribution is -0.124. The number of Topliss-reactive ketones (excluding diaryl/α,β-unsaturated/α-hetero) is 1. The molecule has 0 aliphatic heterocycles. The number of furan rings is 1. The van der Waals surface area contributed by atoms with Crippen LogP contribution in [-0.2, 0) is 26.1 Å². The molecule has 0 bridgehead atoms. The van der Waals surface area contributed by atoms with Crippen LogP contribution in [0.3, 0.4) is 0 Å². The number of sulfonamides is 1. The Kier molecular flexibility index (Phi) is 5.53. The number of benzene rings is 1. The van der Waals surface area contributed by atoms with Crippen molar-refractivity contribution in [2.24, 2.45) is 0 Å². The highest BCUT2D eigenvalue weighted by molar-refractivity contribution is 7.89. The number of nitrogens with one attached hydrogen (secondary N) is 1. The van der Waals surface area contributed by atoms with E-state index >= 15 is 0 Å². The van der Waals surface area contributed by atoms with Gasteiger partial charge in [0.2, 0.25) is 10.0 Å². The van der Waals surface area contributed by atoms with Gasteiger partial charge < -0.3 is 9.15 Å². The van der Waals surface area contributed by atoms with Gasteiger partial charge in [0.25, 0.3) is 0 Å². The molecule has 0 saturated carbocycles. The number of ether oxygens (including phenoxy) is 1. The van der Waals surface area contributed by atoms with E-state index < -0.39 is 22.1 Å². The van der Waals surface area contributed by atoms with Gasteiger partial charge in [-0.2, -0.15) is 0 Å². The number of hydrogen-bond donors (Lipinski definition) is 1. The summed E-state index contributed by atoms with van der Waals surface area (Å²) in [6.45, 7) is 2.74. The summed E-state index contributed by atoms with van der Waals surface area (Å²) >= 11 is 0. The van der Waals surface area contributed by atoms with Crippen molar-refractivity contribution in [2.75, 3.05) is 0 Å². The Balaban J connectivity index is 2.13. The second-order valence-electron chi connectivity index (χ2n) is 5.09. The second kappa shape index (κ2) is 7.41. The van der Waals surface area contributed by atoms with Crippen LogP contribution in [-0.4, -0.2) is 26.3 Å². The van der Waals surface area contributed by atoms with Crippen LogP contribution in [0.5, 0.6) is 0 Å². The smallest absolute Gasteiger partial charge is 0.338 e. The first kappa shape index (κ1) is 17.9. The zero-order valence-electron chi connectivity index (χ0n) is 13.2. The van der Waals surface area contributed by atoms with E-state index in [0.29, 0.717) is 5.76 Å². The molecule has 0 saturated heterocycles. The number of rotatable bonds is 7. The van der Waals surface area contributed by atoms with Gasteiger partial charge in [-0.05, 0) is 44.2 Å². The van der Waals surface area contributed by atoms with E-state index in [1.165, 1.54) is 44.4 Å². The molecule has 2 rings (SSSR count). The average molecular weight is 351 g/mol. The molecule has 1 heterocycles. The van der Waals surface area contributed by atoms with Gasteiger partial charge in [-0.15, -0.1) is 0 Å². The average Bonchev–Trinajstić information content (AvgIpc) is 3.06. The number of hydrogen-bond acceptors (Lipinski definition) is 6. The van der Waals surface area contributed by atoms with Gasteiger partial charge in [-0.1, -0.05) is 6.07 Å². The molecule has 128 valence electrons. The van der Waals surface area contributed by atoms with Crippen LogP contribution >= 0.6 is 0 Å². The van der Waals surface area contributed by atoms with Crippen molar-refractivity contribution >= 4 is 21.8 Å². The summed E-state index contributed by atoms with van der Waals surface area (Å²) in [4.78, 5) is 23.0. The quantitative estimate of drug-likeness (QED) is 0.764. The molecule has 8 heteroatoms. The number of carbonyl (C=O) groups is 2. The predicted molar refractivity (Wildman–Crippen MR) is 84.7 cm³/mol. The zero-order valence-corrected chi connectivity index (χ0v) is 14.0. The standard InChI is InChI=1S/C16H17NO6S/c1-11(18)12(2)23-16(19)13-5-3-7-15(9-13)24(20,21)17-10-14-6-4-8-22-14/h3-9,12,17H,10H2,1-2H3/t12-/m1/s1. The van der Waals surface area contributed by atoms with Gasteiger partial charge in [0, 0.05) is 0 Å². The SMILES string of the molecule is CC(=O)[C@@H](C)OC(=O)c1cccc(S(=O)(=O)NCc2ccco2)c1. The van der Waals surface area contributed by atoms with E-state index in [4.69, 9.17) is 9.15 Å². The van der Waals surface area contributed by atoms with Crippen molar-refractivity contribution in [3.8, 4) is 0 Å². The van der Waals surface area contributed by atoms with Crippen LogP contribution < -0.4 is 4.72 Å². The van der Waals surface area contributed by atoms with E-state index in [-0.39, 0.29) is 22.8 Å². The summed E-state index contributed by atoms with van der Waals surface area (Å²) in [6, 6.07) is 8.68. The van der Waals surface area contributed by atoms with Crippen LogP contribution in [0.15, 0.2) is 52.0 Å². The third kappa shape index (κ3) is 4.53. The van der Waals surface area contributed by atoms with Gasteiger partial charge in [0.1, 0.15) is 5.76 Å². The van der Waals surface area contributed by atoms with Crippen molar-refractivity contribution < 1.29 is 27.2 Å². The summed E-state index contributed by atoms with van der Waals surface area (Å²) in [6.07, 6.45) is 0.547. The fraction of sp³-hybridized carbons (Fsp3) is 0.250. The van der Waals surface area contributed by atoms with Gasteiger partial charge in [-0.3, -0.25) is 4.79 Å². The maximum atomic E-state index is 12.3. The summed E-state index contributed by atoms with van der Waals surface area (Å²) in [5.41, 5.74) is 0.0453. The van der Waals surface area contributed by atoms with Crippen molar-refractivity contribution in [3.63, 3.8) is 0 Å². The summed E-state index contributed by atoms with van der Waals surface area (Å²) < 4.78 is 36.9. The minimum atomic E-state index is -3.82. The molecule has 0 fully saturated rings. The Morgan fingerprint density at radius 3 is 2.62 bits per heavy atom. The number of ketones is 1. The first-order chi connectivity index (χ1) is 11.3. The van der Waals surface area contributed by atoms with Crippen LogP contribution in [0.2, 0.25) is 0 Å². The third-order valence-corrected chi connectivity index (χ3v) is 4.65. The highest BCUT2D eigenvalue weighted by Gasteiger charge is 2.19. The molecule has 1 N–H and O–H groups in total. The van der Waals surface area contributed by atoms with Gasteiger partial charge in [-0.25, -0.2) is 17.9 Å². The van der Waals surface area contributed by atoms with Crippen LogP contribution in [0.4, 0.5) is 0 Å². The molecule has 24 heavy (non-hydrogen) atoms. The first-order valence-corrected chi connectivity index (χ1v) is 8.61. The van der Waals surface area contributed by atoms with Crippen molar-refractivity contribution in [1.82, 2.24) is 4.72 Å². The van der Waals surface area contributed by atoms with Crippen molar-refractivity contribution in [3.05, 3.63) is 54.0 Å². The Hall–Kier alpha value is -2.45. The molecule has 7 nitrogen and oxygen atoms in total. The van der Waals surface area contributed by atoms with Crippen molar-refractivity contribution in [2.45, 2.75) is 31.4 Å². The number of esters is 1. The topological polar surface area (TPSA) is 103 Å². The molecule has 1 atom stereocenters. The zero-order chi connectivity index (χ0) is 17.7. The molecule has 0 aliphatic carbocycles. The second-order valence-corrected chi connectivity index (χ2v) is 6.86. The first-order valence-electron chi connectivity index (χ1n) is 7.13. The van der Waals surface area contributed by atoms with Gasteiger partial charge in [0.05, 0.1) is 23.3 Å². The summed E-state index contributed by atoms with van der Waals surface area (Å²) in [5, 5.41) is 0. The summed E-state index contributed by atoms with van der Waals surface area (Å²) in [7, 11) is -3.82. The van der Waals surface area contributed by atoms with Crippen LogP contribution in [0.1, 0.15) is 30.0 Å². The maximum Gasteiger partial charge on any atom is 0.338 e. The van der Waals surface area contributed by atoms with Crippen LogP contribution in [0.25, 0.3) is 0 Å². The molecule has 2 aromatic rings. The third-order valence-electron chi connectivity index (χ3n) is 3.25. The predicted octanol–water partition coefficient (Wildman–Crippen LogP) is 1.89. The molecule has 0 radical (unpaired) electrons. The largest absolute Gasteiger partial charge is 0.468 e. The summed E-state index contributed by atoms with van der Waals surface area (Å²) in [5.74, 6) is -0.600. The van der Waals surface area contributed by atoms with E-state index in [0.717, 1.165) is 0 Å². The van der Waals surface area contributed by atoms with E-state index in [1.807, 2.05) is 0 Å². The Morgan fingerprint density at radius 2 is 2.00 bits per heavy atom. The molecular formula is C16H17NO6S. The fourth-order valence-electron chi connectivity index (χ4n) is 1.76. The molecule has 1 aromatic heterocycles. The Morgan fingerprint density at radius 1 is 1.25 bits per heavy atom. The minimum absolute atomic E-state index is 0.00855. The monoisotopic (exact) mass is 351 g/mol. The number of carbonyl (C=O) groups excluding carboxylic acids is 2. The van der Waals surface area contributed by atoms with Gasteiger partial charge in [0.15, 0.2) is 11.9 Å². The van der Waals surface area contributed by atoms with E-state index in [9.17, 15) is 18.0 Å². The highest BCUT2D eigenvalue weighted by atomic mass is 32.2. The minimum Gasteiger partial charge on any atom is -0.468 e. The molecular weight excluding hydrogens is 334 g/mol. The molecule has 0 unspecified atom stereocenters. The molecule has 0 spiro atoms.